The summed E-state index contributed by atoms with van der Waals surface area (Å²) < 4.78 is 1.73. The van der Waals surface area contributed by atoms with Crippen LogP contribution in [0.15, 0.2) is 34.5 Å². The Bertz CT molecular complexity index is 834. The third kappa shape index (κ3) is 2.84. The van der Waals surface area contributed by atoms with Crippen molar-refractivity contribution < 1.29 is 4.79 Å². The second-order valence-electron chi connectivity index (χ2n) is 6.16. The maximum absolute atomic E-state index is 12.7. The van der Waals surface area contributed by atoms with Gasteiger partial charge in [0.2, 0.25) is 5.91 Å². The number of carbonyl (C=O) groups excluding carboxylic acids is 1. The molecule has 7 heteroatoms. The van der Waals surface area contributed by atoms with Crippen LogP contribution in [0.2, 0.25) is 0 Å². The van der Waals surface area contributed by atoms with Crippen LogP contribution in [0.4, 0.5) is 0 Å². The highest BCUT2D eigenvalue weighted by molar-refractivity contribution is 7.99. The fraction of sp³-hybridized carbons (Fsp3) is 0.412. The zero-order chi connectivity index (χ0) is 16.5. The van der Waals surface area contributed by atoms with Crippen LogP contribution in [-0.2, 0) is 24.2 Å². The van der Waals surface area contributed by atoms with Gasteiger partial charge in [0.25, 0.3) is 5.56 Å². The maximum atomic E-state index is 12.7. The Kier molecular flexibility index (Phi) is 4.10. The molecule has 0 aromatic carbocycles. The first-order valence-corrected chi connectivity index (χ1v) is 9.13. The molecule has 2 aliphatic rings. The van der Waals surface area contributed by atoms with Gasteiger partial charge in [0, 0.05) is 36.7 Å². The number of amides is 1. The Morgan fingerprint density at radius 2 is 2.33 bits per heavy atom. The Morgan fingerprint density at radius 1 is 1.42 bits per heavy atom. The van der Waals surface area contributed by atoms with Crippen molar-refractivity contribution in [1.82, 2.24) is 19.9 Å². The van der Waals surface area contributed by atoms with Crippen LogP contribution < -0.4 is 10.9 Å². The van der Waals surface area contributed by atoms with Crippen LogP contribution in [0, 0.1) is 0 Å². The van der Waals surface area contributed by atoms with Gasteiger partial charge in [-0.1, -0.05) is 17.8 Å². The van der Waals surface area contributed by atoms with E-state index in [1.54, 1.807) is 28.7 Å². The fourth-order valence-electron chi connectivity index (χ4n) is 3.29. The molecule has 1 aliphatic carbocycles. The van der Waals surface area contributed by atoms with Gasteiger partial charge in [-0.15, -0.1) is 0 Å². The summed E-state index contributed by atoms with van der Waals surface area (Å²) in [5.41, 5.74) is 2.83. The normalized spacial score (nSPS) is 18.2. The molecule has 2 aromatic rings. The number of aryl methyl sites for hydroxylation is 1. The van der Waals surface area contributed by atoms with E-state index in [1.165, 1.54) is 0 Å². The number of thioether (sulfide) groups is 1. The first-order valence-electron chi connectivity index (χ1n) is 8.15. The molecule has 1 aliphatic heterocycles. The van der Waals surface area contributed by atoms with Crippen LogP contribution in [0.3, 0.4) is 0 Å². The van der Waals surface area contributed by atoms with E-state index in [4.69, 9.17) is 0 Å². The highest BCUT2D eigenvalue weighted by Gasteiger charge is 2.30. The maximum Gasteiger partial charge on any atom is 0.257 e. The molecule has 4 rings (SSSR count). The summed E-state index contributed by atoms with van der Waals surface area (Å²) in [4.78, 5) is 33.6. The third-order valence-corrected chi connectivity index (χ3v) is 5.60. The first-order chi connectivity index (χ1) is 11.7. The van der Waals surface area contributed by atoms with Crippen LogP contribution in [0.5, 0.6) is 0 Å². The van der Waals surface area contributed by atoms with Crippen molar-refractivity contribution in [2.24, 2.45) is 0 Å². The molecular weight excluding hydrogens is 324 g/mol. The van der Waals surface area contributed by atoms with Gasteiger partial charge < -0.3 is 5.32 Å². The molecule has 1 atom stereocenters. The van der Waals surface area contributed by atoms with Crippen molar-refractivity contribution in [2.75, 3.05) is 5.75 Å². The van der Waals surface area contributed by atoms with Crippen LogP contribution in [0.1, 0.15) is 35.7 Å². The summed E-state index contributed by atoms with van der Waals surface area (Å²) in [6.07, 6.45) is 6.46. The minimum atomic E-state index is -0.107. The van der Waals surface area contributed by atoms with E-state index in [9.17, 15) is 9.59 Å². The molecule has 24 heavy (non-hydrogen) atoms. The van der Waals surface area contributed by atoms with E-state index in [2.05, 4.69) is 15.3 Å². The molecular formula is C17H18N4O2S. The number of aromatic nitrogens is 3. The van der Waals surface area contributed by atoms with Gasteiger partial charge >= 0.3 is 0 Å². The molecule has 0 fully saturated rings. The Morgan fingerprint density at radius 3 is 3.17 bits per heavy atom. The largest absolute Gasteiger partial charge is 0.352 e. The van der Waals surface area contributed by atoms with Gasteiger partial charge in [-0.05, 0) is 30.9 Å². The highest BCUT2D eigenvalue weighted by Crippen LogP contribution is 2.33. The Balaban J connectivity index is 1.46. The minimum absolute atomic E-state index is 0.0512. The lowest BCUT2D eigenvalue weighted by Gasteiger charge is -2.14. The number of hydrogen-bond donors (Lipinski definition) is 1. The van der Waals surface area contributed by atoms with E-state index >= 15 is 0 Å². The van der Waals surface area contributed by atoms with Crippen LogP contribution in [-0.4, -0.2) is 26.2 Å². The van der Waals surface area contributed by atoms with Crippen molar-refractivity contribution in [2.45, 2.75) is 43.4 Å². The summed E-state index contributed by atoms with van der Waals surface area (Å²) in [7, 11) is 0. The average Bonchev–Trinajstić information content (AvgIpc) is 3.22. The van der Waals surface area contributed by atoms with E-state index < -0.39 is 0 Å². The lowest BCUT2D eigenvalue weighted by Crippen LogP contribution is -2.32. The number of pyridine rings is 1. The number of rotatable bonds is 4. The second kappa shape index (κ2) is 6.39. The fourth-order valence-corrected chi connectivity index (χ4v) is 4.45. The zero-order valence-electron chi connectivity index (χ0n) is 13.2. The number of fused-ring (bicyclic) bond motifs is 2. The topological polar surface area (TPSA) is 76.9 Å². The number of carbonyl (C=O) groups is 1. The first kappa shape index (κ1) is 15.4. The van der Waals surface area contributed by atoms with Crippen molar-refractivity contribution in [3.8, 4) is 0 Å². The molecule has 2 aromatic heterocycles. The monoisotopic (exact) mass is 342 g/mol. The predicted molar refractivity (Wildman–Crippen MR) is 91.0 cm³/mol. The van der Waals surface area contributed by atoms with E-state index in [0.717, 1.165) is 47.0 Å². The van der Waals surface area contributed by atoms with Gasteiger partial charge in [-0.3, -0.25) is 19.1 Å². The lowest BCUT2D eigenvalue weighted by atomic mass is 10.2. The van der Waals surface area contributed by atoms with Crippen molar-refractivity contribution >= 4 is 17.7 Å². The third-order valence-electron chi connectivity index (χ3n) is 4.51. The van der Waals surface area contributed by atoms with Gasteiger partial charge in [0.05, 0.1) is 11.7 Å². The molecule has 0 saturated heterocycles. The van der Waals surface area contributed by atoms with Crippen molar-refractivity contribution in [1.29, 1.82) is 0 Å². The predicted octanol–water partition coefficient (Wildman–Crippen LogP) is 1.48. The highest BCUT2D eigenvalue weighted by atomic mass is 32.2. The van der Waals surface area contributed by atoms with E-state index in [-0.39, 0.29) is 17.5 Å². The summed E-state index contributed by atoms with van der Waals surface area (Å²) in [5.74, 6) is 0.676. The quantitative estimate of drug-likeness (QED) is 0.852. The summed E-state index contributed by atoms with van der Waals surface area (Å²) >= 11 is 1.57. The molecule has 0 saturated carbocycles. The number of nitrogens with one attached hydrogen (secondary N) is 1. The smallest absolute Gasteiger partial charge is 0.257 e. The van der Waals surface area contributed by atoms with E-state index in [0.29, 0.717) is 13.0 Å². The average molecular weight is 342 g/mol. The van der Waals surface area contributed by atoms with E-state index in [1.807, 2.05) is 12.1 Å². The summed E-state index contributed by atoms with van der Waals surface area (Å²) in [6.45, 7) is 0.455. The van der Waals surface area contributed by atoms with Crippen LogP contribution in [0.25, 0.3) is 0 Å². The Labute approximate surface area is 143 Å². The molecule has 0 bridgehead atoms. The molecule has 1 amide bonds. The molecule has 124 valence electrons. The van der Waals surface area contributed by atoms with Gasteiger partial charge in [0.15, 0.2) is 5.16 Å². The number of hydrogen-bond acceptors (Lipinski definition) is 5. The molecule has 1 unspecified atom stereocenters. The number of nitrogens with zero attached hydrogens (tertiary/aromatic N) is 3. The van der Waals surface area contributed by atoms with Crippen LogP contribution >= 0.6 is 11.8 Å². The minimum Gasteiger partial charge on any atom is -0.352 e. The molecule has 6 nitrogen and oxygen atoms in total. The summed E-state index contributed by atoms with van der Waals surface area (Å²) in [6, 6.07) is 3.66. The van der Waals surface area contributed by atoms with Crippen molar-refractivity contribution in [3.63, 3.8) is 0 Å². The van der Waals surface area contributed by atoms with Gasteiger partial charge in [0.1, 0.15) is 0 Å². The molecule has 3 heterocycles. The Hall–Kier alpha value is -2.15. The van der Waals surface area contributed by atoms with Gasteiger partial charge in [-0.25, -0.2) is 4.98 Å². The second-order valence-corrected chi connectivity index (χ2v) is 7.14. The standard InChI is InChI=1S/C17H18N4O2S/c22-15(19-9-11-3-2-6-18-8-11)7-12-10-24-17-20-14-5-1-4-13(14)16(23)21(12)17/h2-3,6,8,12H,1,4-5,7,9-10H2,(H,19,22). The summed E-state index contributed by atoms with van der Waals surface area (Å²) in [5, 5.41) is 3.67. The van der Waals surface area contributed by atoms with Gasteiger partial charge in [-0.2, -0.15) is 0 Å². The zero-order valence-corrected chi connectivity index (χ0v) is 14.0. The molecule has 0 radical (unpaired) electrons. The molecule has 0 spiro atoms. The van der Waals surface area contributed by atoms with Crippen molar-refractivity contribution in [3.05, 3.63) is 51.7 Å². The SMILES string of the molecule is O=C(CC1CSc2nc3c(c(=O)n21)CCC3)NCc1cccnc1. The molecule has 1 N–H and O–H groups in total. The lowest BCUT2D eigenvalue weighted by molar-refractivity contribution is -0.121.